The normalized spacial score (nSPS) is 12.9. The summed E-state index contributed by atoms with van der Waals surface area (Å²) in [4.78, 5) is 37.4. The zero-order chi connectivity index (χ0) is 17.8. The van der Waals surface area contributed by atoms with Gasteiger partial charge in [0.2, 0.25) is 0 Å². The Hall–Kier alpha value is -2.86. The Bertz CT molecular complexity index is 803. The Kier molecular flexibility index (Phi) is 5.00. The molecule has 1 heterocycles. The fourth-order valence-electron chi connectivity index (χ4n) is 2.62. The van der Waals surface area contributed by atoms with Crippen LogP contribution in [0.3, 0.4) is 0 Å². The van der Waals surface area contributed by atoms with Gasteiger partial charge in [-0.3, -0.25) is 14.5 Å². The van der Waals surface area contributed by atoms with Gasteiger partial charge in [0.25, 0.3) is 11.8 Å². The SMILES string of the molecule is O=C(NCCCN1C(=O)c2ccccc2C1=O)Nc1cccc(Cl)c1. The highest BCUT2D eigenvalue weighted by molar-refractivity contribution is 6.30. The molecule has 0 radical (unpaired) electrons. The molecular weight excluding hydrogens is 342 g/mol. The average Bonchev–Trinajstić information content (AvgIpc) is 2.84. The Morgan fingerprint density at radius 2 is 1.68 bits per heavy atom. The van der Waals surface area contributed by atoms with E-state index in [0.717, 1.165) is 0 Å². The number of fused-ring (bicyclic) bond motifs is 1. The van der Waals surface area contributed by atoms with E-state index < -0.39 is 0 Å². The fourth-order valence-corrected chi connectivity index (χ4v) is 2.81. The molecule has 1 aliphatic heterocycles. The van der Waals surface area contributed by atoms with Gasteiger partial charge in [0.15, 0.2) is 0 Å². The standard InChI is InChI=1S/C18H16ClN3O3/c19-12-5-3-6-13(11-12)21-18(25)20-9-4-10-22-16(23)14-7-1-2-8-15(14)17(22)24/h1-3,5-8,11H,4,9-10H2,(H2,20,21,25). The summed E-state index contributed by atoms with van der Waals surface area (Å²) >= 11 is 5.85. The van der Waals surface area contributed by atoms with Crippen molar-refractivity contribution >= 4 is 35.1 Å². The van der Waals surface area contributed by atoms with Crippen molar-refractivity contribution in [3.8, 4) is 0 Å². The molecule has 2 aromatic rings. The zero-order valence-corrected chi connectivity index (χ0v) is 14.0. The molecule has 128 valence electrons. The molecule has 2 aromatic carbocycles. The number of amides is 4. The average molecular weight is 358 g/mol. The van der Waals surface area contributed by atoms with Crippen LogP contribution in [-0.2, 0) is 0 Å². The summed E-state index contributed by atoms with van der Waals surface area (Å²) in [7, 11) is 0. The molecule has 6 nitrogen and oxygen atoms in total. The lowest BCUT2D eigenvalue weighted by molar-refractivity contribution is 0.0653. The molecule has 1 aliphatic rings. The van der Waals surface area contributed by atoms with E-state index in [1.165, 1.54) is 4.90 Å². The van der Waals surface area contributed by atoms with Crippen LogP contribution in [0.2, 0.25) is 5.02 Å². The maximum absolute atomic E-state index is 12.2. The number of urea groups is 1. The molecule has 0 saturated heterocycles. The van der Waals surface area contributed by atoms with Crippen LogP contribution < -0.4 is 10.6 Å². The summed E-state index contributed by atoms with van der Waals surface area (Å²) in [5.74, 6) is -0.576. The minimum atomic E-state index is -0.371. The Morgan fingerprint density at radius 1 is 1.00 bits per heavy atom. The molecule has 3 rings (SSSR count). The summed E-state index contributed by atoms with van der Waals surface area (Å²) in [6, 6.07) is 13.2. The molecule has 7 heteroatoms. The second-order valence-corrected chi connectivity index (χ2v) is 5.99. The number of imide groups is 1. The molecule has 25 heavy (non-hydrogen) atoms. The molecule has 0 spiro atoms. The third kappa shape index (κ3) is 3.80. The number of benzene rings is 2. The van der Waals surface area contributed by atoms with Crippen LogP contribution in [0.4, 0.5) is 10.5 Å². The maximum Gasteiger partial charge on any atom is 0.319 e. The topological polar surface area (TPSA) is 78.5 Å². The quantitative estimate of drug-likeness (QED) is 0.637. The lowest BCUT2D eigenvalue weighted by atomic mass is 10.1. The lowest BCUT2D eigenvalue weighted by Gasteiger charge is -2.14. The molecule has 0 aliphatic carbocycles. The second-order valence-electron chi connectivity index (χ2n) is 5.55. The van der Waals surface area contributed by atoms with Crippen molar-refractivity contribution in [2.45, 2.75) is 6.42 Å². The van der Waals surface area contributed by atoms with Gasteiger partial charge in [-0.2, -0.15) is 0 Å². The minimum absolute atomic E-state index is 0.254. The van der Waals surface area contributed by atoms with E-state index in [1.54, 1.807) is 48.5 Å². The lowest BCUT2D eigenvalue weighted by Crippen LogP contribution is -2.35. The van der Waals surface area contributed by atoms with Gasteiger partial charge in [-0.1, -0.05) is 29.8 Å². The molecular formula is C18H16ClN3O3. The number of halogens is 1. The van der Waals surface area contributed by atoms with E-state index in [1.807, 2.05) is 0 Å². The number of carbonyl (C=O) groups excluding carboxylic acids is 3. The van der Waals surface area contributed by atoms with Crippen molar-refractivity contribution < 1.29 is 14.4 Å². The van der Waals surface area contributed by atoms with Crippen LogP contribution in [0.15, 0.2) is 48.5 Å². The van der Waals surface area contributed by atoms with Crippen LogP contribution in [0.1, 0.15) is 27.1 Å². The van der Waals surface area contributed by atoms with Gasteiger partial charge in [0.1, 0.15) is 0 Å². The third-order valence-corrected chi connectivity index (χ3v) is 4.04. The number of anilines is 1. The van der Waals surface area contributed by atoms with Crippen LogP contribution in [-0.4, -0.2) is 35.8 Å². The van der Waals surface area contributed by atoms with Gasteiger partial charge in [-0.15, -0.1) is 0 Å². The first kappa shape index (κ1) is 17.0. The minimum Gasteiger partial charge on any atom is -0.338 e. The first-order valence-corrected chi connectivity index (χ1v) is 8.20. The monoisotopic (exact) mass is 357 g/mol. The molecule has 4 amide bonds. The predicted molar refractivity (Wildman–Crippen MR) is 94.9 cm³/mol. The van der Waals surface area contributed by atoms with Crippen LogP contribution in [0, 0.1) is 0 Å². The van der Waals surface area contributed by atoms with E-state index in [-0.39, 0.29) is 24.4 Å². The van der Waals surface area contributed by atoms with Crippen molar-refractivity contribution in [1.82, 2.24) is 10.2 Å². The Labute approximate surface area is 149 Å². The second kappa shape index (κ2) is 7.36. The fraction of sp³-hybridized carbons (Fsp3) is 0.167. The van der Waals surface area contributed by atoms with Crippen LogP contribution in [0.5, 0.6) is 0 Å². The molecule has 0 saturated carbocycles. The van der Waals surface area contributed by atoms with Crippen molar-refractivity contribution in [2.75, 3.05) is 18.4 Å². The molecule has 0 fully saturated rings. The van der Waals surface area contributed by atoms with Gasteiger partial charge in [0.05, 0.1) is 11.1 Å². The number of nitrogens with zero attached hydrogens (tertiary/aromatic N) is 1. The Morgan fingerprint density at radius 3 is 2.32 bits per heavy atom. The molecule has 0 bridgehead atoms. The van der Waals surface area contributed by atoms with E-state index in [2.05, 4.69) is 10.6 Å². The smallest absolute Gasteiger partial charge is 0.319 e. The molecule has 0 aromatic heterocycles. The number of nitrogens with one attached hydrogen (secondary N) is 2. The van der Waals surface area contributed by atoms with Crippen molar-refractivity contribution in [1.29, 1.82) is 0 Å². The van der Waals surface area contributed by atoms with Gasteiger partial charge in [-0.25, -0.2) is 4.79 Å². The first-order chi connectivity index (χ1) is 12.1. The van der Waals surface area contributed by atoms with Crippen molar-refractivity contribution in [3.63, 3.8) is 0 Å². The van der Waals surface area contributed by atoms with E-state index >= 15 is 0 Å². The highest BCUT2D eigenvalue weighted by atomic mass is 35.5. The summed E-state index contributed by atoms with van der Waals surface area (Å²) < 4.78 is 0. The maximum atomic E-state index is 12.2. The number of hydrogen-bond acceptors (Lipinski definition) is 3. The van der Waals surface area contributed by atoms with E-state index in [4.69, 9.17) is 11.6 Å². The van der Waals surface area contributed by atoms with Crippen molar-refractivity contribution in [2.24, 2.45) is 0 Å². The van der Waals surface area contributed by atoms with Gasteiger partial charge in [-0.05, 0) is 36.8 Å². The van der Waals surface area contributed by atoms with Gasteiger partial charge in [0, 0.05) is 23.8 Å². The Balaban J connectivity index is 1.45. The summed E-state index contributed by atoms with van der Waals surface area (Å²) in [5, 5.41) is 5.87. The van der Waals surface area contributed by atoms with Crippen molar-refractivity contribution in [3.05, 3.63) is 64.7 Å². The summed E-state index contributed by atoms with van der Waals surface area (Å²) in [6.45, 7) is 0.587. The largest absolute Gasteiger partial charge is 0.338 e. The molecule has 0 atom stereocenters. The van der Waals surface area contributed by atoms with Crippen LogP contribution >= 0.6 is 11.6 Å². The number of carbonyl (C=O) groups is 3. The number of hydrogen-bond donors (Lipinski definition) is 2. The zero-order valence-electron chi connectivity index (χ0n) is 13.3. The van der Waals surface area contributed by atoms with E-state index in [9.17, 15) is 14.4 Å². The highest BCUT2D eigenvalue weighted by Gasteiger charge is 2.34. The van der Waals surface area contributed by atoms with E-state index in [0.29, 0.717) is 34.8 Å². The molecule has 2 N–H and O–H groups in total. The third-order valence-electron chi connectivity index (χ3n) is 3.80. The van der Waals surface area contributed by atoms with Crippen LogP contribution in [0.25, 0.3) is 0 Å². The van der Waals surface area contributed by atoms with Gasteiger partial charge < -0.3 is 10.6 Å². The summed E-state index contributed by atoms with van der Waals surface area (Å²) in [6.07, 6.45) is 0.467. The molecule has 0 unspecified atom stereocenters. The predicted octanol–water partition coefficient (Wildman–Crippen LogP) is 3.15. The van der Waals surface area contributed by atoms with Gasteiger partial charge >= 0.3 is 6.03 Å². The highest BCUT2D eigenvalue weighted by Crippen LogP contribution is 2.22. The number of rotatable bonds is 5. The summed E-state index contributed by atoms with van der Waals surface area (Å²) in [5.41, 5.74) is 1.45. The first-order valence-electron chi connectivity index (χ1n) is 7.82.